The van der Waals surface area contributed by atoms with Gasteiger partial charge in [-0.05, 0) is 53.8 Å². The molecule has 2 nitrogen and oxygen atoms in total. The van der Waals surface area contributed by atoms with Crippen molar-refractivity contribution in [2.75, 3.05) is 14.2 Å². The lowest BCUT2D eigenvalue weighted by atomic mass is 9.96. The second-order valence-electron chi connectivity index (χ2n) is 4.94. The van der Waals surface area contributed by atoms with Crippen molar-refractivity contribution in [1.82, 2.24) is 0 Å². The van der Waals surface area contributed by atoms with E-state index in [4.69, 9.17) is 9.47 Å². The molecule has 2 aromatic carbocycles. The lowest BCUT2D eigenvalue weighted by Gasteiger charge is -2.10. The van der Waals surface area contributed by atoms with E-state index in [1.807, 2.05) is 30.3 Å². The molecule has 0 heterocycles. The van der Waals surface area contributed by atoms with Crippen molar-refractivity contribution in [3.05, 3.63) is 78.4 Å². The number of unbranched alkanes of at least 4 members (excludes halogenated alkanes) is 1. The minimum atomic E-state index is 0.865. The second kappa shape index (κ2) is 8.08. The van der Waals surface area contributed by atoms with Crippen LogP contribution in [-0.4, -0.2) is 14.2 Å². The normalized spacial score (nSPS) is 9.91. The van der Waals surface area contributed by atoms with Gasteiger partial charge < -0.3 is 9.47 Å². The Morgan fingerprint density at radius 2 is 1.27 bits per heavy atom. The van der Waals surface area contributed by atoms with Gasteiger partial charge in [-0.2, -0.15) is 0 Å². The fraction of sp³-hybridized carbons (Fsp3) is 0.200. The van der Waals surface area contributed by atoms with Crippen LogP contribution in [0.4, 0.5) is 0 Å². The average molecular weight is 294 g/mol. The van der Waals surface area contributed by atoms with Gasteiger partial charge in [0.25, 0.3) is 0 Å². The van der Waals surface area contributed by atoms with E-state index in [1.165, 1.54) is 16.7 Å². The molecular formula is C20H22O2. The van der Waals surface area contributed by atoms with Gasteiger partial charge in [0.1, 0.15) is 11.5 Å². The summed E-state index contributed by atoms with van der Waals surface area (Å²) in [7, 11) is 3.36. The molecule has 0 bridgehead atoms. The monoisotopic (exact) mass is 294 g/mol. The first-order valence-electron chi connectivity index (χ1n) is 7.38. The summed E-state index contributed by atoms with van der Waals surface area (Å²) in [4.78, 5) is 0. The van der Waals surface area contributed by atoms with Gasteiger partial charge in [0, 0.05) is 0 Å². The molecule has 0 aliphatic rings. The quantitative estimate of drug-likeness (QED) is 0.522. The van der Waals surface area contributed by atoms with Gasteiger partial charge in [-0.25, -0.2) is 0 Å². The van der Waals surface area contributed by atoms with Crippen LogP contribution >= 0.6 is 0 Å². The predicted octanol–water partition coefficient (Wildman–Crippen LogP) is 5.10. The Kier molecular flexibility index (Phi) is 5.84. The minimum Gasteiger partial charge on any atom is -0.497 e. The van der Waals surface area contributed by atoms with E-state index in [2.05, 4.69) is 36.9 Å². The molecule has 0 saturated carbocycles. The van der Waals surface area contributed by atoms with Crippen molar-refractivity contribution in [3.63, 3.8) is 0 Å². The summed E-state index contributed by atoms with van der Waals surface area (Å²) in [5, 5.41) is 0. The first-order valence-corrected chi connectivity index (χ1v) is 7.38. The molecule has 0 N–H and O–H groups in total. The van der Waals surface area contributed by atoms with Crippen LogP contribution < -0.4 is 9.47 Å². The second-order valence-corrected chi connectivity index (χ2v) is 4.94. The Morgan fingerprint density at radius 1 is 0.818 bits per heavy atom. The largest absolute Gasteiger partial charge is 0.497 e. The SMILES string of the molecule is C=CCCC=C(c1ccc(OC)cc1)c1ccc(OC)cc1. The molecule has 22 heavy (non-hydrogen) atoms. The zero-order valence-electron chi connectivity index (χ0n) is 13.2. The minimum absolute atomic E-state index is 0.865. The molecule has 0 amide bonds. The molecular weight excluding hydrogens is 272 g/mol. The topological polar surface area (TPSA) is 18.5 Å². The van der Waals surface area contributed by atoms with Crippen LogP contribution in [0.15, 0.2) is 67.3 Å². The van der Waals surface area contributed by atoms with Gasteiger partial charge in [0.05, 0.1) is 14.2 Å². The van der Waals surface area contributed by atoms with Gasteiger partial charge in [0.15, 0.2) is 0 Å². The maximum absolute atomic E-state index is 5.23. The van der Waals surface area contributed by atoms with Crippen molar-refractivity contribution < 1.29 is 9.47 Å². The molecule has 2 aromatic rings. The van der Waals surface area contributed by atoms with E-state index in [9.17, 15) is 0 Å². The Bertz CT molecular complexity index is 572. The van der Waals surface area contributed by atoms with Gasteiger partial charge in [-0.1, -0.05) is 36.4 Å². The van der Waals surface area contributed by atoms with E-state index in [-0.39, 0.29) is 0 Å². The van der Waals surface area contributed by atoms with Gasteiger partial charge in [0.2, 0.25) is 0 Å². The molecule has 0 saturated heterocycles. The van der Waals surface area contributed by atoms with Gasteiger partial charge >= 0.3 is 0 Å². The molecule has 0 atom stereocenters. The maximum Gasteiger partial charge on any atom is 0.118 e. The Balaban J connectivity index is 2.35. The highest BCUT2D eigenvalue weighted by Gasteiger charge is 2.05. The van der Waals surface area contributed by atoms with Crippen LogP contribution in [0.5, 0.6) is 11.5 Å². The average Bonchev–Trinajstić information content (AvgIpc) is 2.59. The van der Waals surface area contributed by atoms with Crippen LogP contribution in [0.2, 0.25) is 0 Å². The van der Waals surface area contributed by atoms with Crippen LogP contribution in [0.1, 0.15) is 24.0 Å². The third kappa shape index (κ3) is 4.01. The summed E-state index contributed by atoms with van der Waals surface area (Å²) in [6.07, 6.45) is 6.13. The van der Waals surface area contributed by atoms with Crippen LogP contribution in [0, 0.1) is 0 Å². The summed E-state index contributed by atoms with van der Waals surface area (Å²) in [5.74, 6) is 1.73. The molecule has 0 aliphatic carbocycles. The van der Waals surface area contributed by atoms with E-state index >= 15 is 0 Å². The summed E-state index contributed by atoms with van der Waals surface area (Å²) >= 11 is 0. The van der Waals surface area contributed by atoms with Crippen molar-refractivity contribution in [1.29, 1.82) is 0 Å². The van der Waals surface area contributed by atoms with Gasteiger partial charge in [-0.3, -0.25) is 0 Å². The van der Waals surface area contributed by atoms with Crippen molar-refractivity contribution in [2.24, 2.45) is 0 Å². The molecule has 0 fully saturated rings. The predicted molar refractivity (Wildman–Crippen MR) is 92.5 cm³/mol. The number of methoxy groups -OCH3 is 2. The van der Waals surface area contributed by atoms with Crippen LogP contribution in [-0.2, 0) is 0 Å². The molecule has 0 aromatic heterocycles. The lowest BCUT2D eigenvalue weighted by Crippen LogP contribution is -1.90. The number of allylic oxidation sites excluding steroid dienone is 2. The first-order chi connectivity index (χ1) is 10.8. The molecule has 0 unspecified atom stereocenters. The Hall–Kier alpha value is -2.48. The zero-order valence-corrected chi connectivity index (χ0v) is 13.2. The third-order valence-electron chi connectivity index (χ3n) is 3.52. The molecule has 2 rings (SSSR count). The van der Waals surface area contributed by atoms with E-state index < -0.39 is 0 Å². The Labute approximate surface area is 132 Å². The highest BCUT2D eigenvalue weighted by Crippen LogP contribution is 2.27. The number of hydrogen-bond acceptors (Lipinski definition) is 2. The summed E-state index contributed by atoms with van der Waals surface area (Å²) in [6.45, 7) is 3.79. The fourth-order valence-electron chi connectivity index (χ4n) is 2.29. The van der Waals surface area contributed by atoms with E-state index in [0.29, 0.717) is 0 Å². The van der Waals surface area contributed by atoms with Crippen molar-refractivity contribution >= 4 is 5.57 Å². The summed E-state index contributed by atoms with van der Waals surface area (Å²) < 4.78 is 10.5. The molecule has 2 heteroatoms. The standard InChI is InChI=1S/C20H22O2/c1-4-5-6-7-20(16-8-12-18(21-2)13-9-16)17-10-14-19(22-3)15-11-17/h4,7-15H,1,5-6H2,2-3H3. The van der Waals surface area contributed by atoms with Crippen LogP contribution in [0.3, 0.4) is 0 Å². The number of benzene rings is 2. The highest BCUT2D eigenvalue weighted by atomic mass is 16.5. The zero-order chi connectivity index (χ0) is 15.8. The molecule has 0 aliphatic heterocycles. The van der Waals surface area contributed by atoms with E-state index in [1.54, 1.807) is 14.2 Å². The molecule has 114 valence electrons. The van der Waals surface area contributed by atoms with Crippen molar-refractivity contribution in [3.8, 4) is 11.5 Å². The number of hydrogen-bond donors (Lipinski definition) is 0. The van der Waals surface area contributed by atoms with Gasteiger partial charge in [-0.15, -0.1) is 6.58 Å². The lowest BCUT2D eigenvalue weighted by molar-refractivity contribution is 0.414. The maximum atomic E-state index is 5.23. The highest BCUT2D eigenvalue weighted by molar-refractivity contribution is 5.80. The summed E-state index contributed by atoms with van der Waals surface area (Å²) in [6, 6.07) is 16.3. The smallest absolute Gasteiger partial charge is 0.118 e. The van der Waals surface area contributed by atoms with E-state index in [0.717, 1.165) is 24.3 Å². The number of ether oxygens (including phenoxy) is 2. The molecule has 0 spiro atoms. The molecule has 0 radical (unpaired) electrons. The summed E-state index contributed by atoms with van der Waals surface area (Å²) in [5.41, 5.74) is 3.57. The van der Waals surface area contributed by atoms with Crippen molar-refractivity contribution in [2.45, 2.75) is 12.8 Å². The first kappa shape index (κ1) is 15.9. The Morgan fingerprint density at radius 3 is 1.64 bits per heavy atom. The fourth-order valence-corrected chi connectivity index (χ4v) is 2.29. The number of rotatable bonds is 7. The van der Waals surface area contributed by atoms with Crippen LogP contribution in [0.25, 0.3) is 5.57 Å². The third-order valence-corrected chi connectivity index (χ3v) is 3.52.